The Morgan fingerprint density at radius 2 is 1.60 bits per heavy atom. The van der Waals surface area contributed by atoms with E-state index in [9.17, 15) is 29.2 Å². The Morgan fingerprint density at radius 3 is 1.95 bits per heavy atom. The average molecular weight is 293 g/mol. The summed E-state index contributed by atoms with van der Waals surface area (Å²) in [6.07, 6.45) is 1.41. The van der Waals surface area contributed by atoms with Crippen LogP contribution in [-0.2, 0) is 0 Å². The largest absolute Gasteiger partial charge is 0.364 e. The summed E-state index contributed by atoms with van der Waals surface area (Å²) in [5, 5.41) is 40.7. The zero-order chi connectivity index (χ0) is 15.2. The maximum Gasteiger partial charge on any atom is 0.258 e. The van der Waals surface area contributed by atoms with Gasteiger partial charge in [-0.1, -0.05) is 0 Å². The van der Waals surface area contributed by atoms with E-state index < -0.39 is 40.9 Å². The van der Waals surface area contributed by atoms with Crippen molar-refractivity contribution >= 4 is 0 Å². The Balaban J connectivity index is 1.97. The highest BCUT2D eigenvalue weighted by Gasteiger charge is 2.77. The maximum atomic E-state index is 13.2. The highest BCUT2D eigenvalue weighted by Crippen LogP contribution is 2.68. The second-order valence-corrected chi connectivity index (χ2v) is 6.98. The van der Waals surface area contributed by atoms with E-state index in [4.69, 9.17) is 0 Å². The number of nitrogens with zero attached hydrogens (tertiary/aromatic N) is 1. The molecule has 2 atom stereocenters. The number of hydrogen-bond acceptors (Lipinski definition) is 5. The molecule has 1 spiro atoms. The van der Waals surface area contributed by atoms with E-state index in [-0.39, 0.29) is 6.54 Å². The highest BCUT2D eigenvalue weighted by molar-refractivity contribution is 5.22. The Morgan fingerprint density at radius 1 is 1.10 bits per heavy atom. The number of likely N-dealkylation sites (tertiary alicyclic amines) is 1. The van der Waals surface area contributed by atoms with Crippen LogP contribution in [0.5, 0.6) is 0 Å². The molecule has 0 aromatic carbocycles. The van der Waals surface area contributed by atoms with Crippen LogP contribution in [0.25, 0.3) is 0 Å². The molecule has 0 amide bonds. The summed E-state index contributed by atoms with van der Waals surface area (Å²) in [6, 6.07) is 0. The first-order chi connectivity index (χ1) is 8.89. The summed E-state index contributed by atoms with van der Waals surface area (Å²) in [5.41, 5.74) is -1.80. The third kappa shape index (κ3) is 1.58. The molecule has 1 heterocycles. The van der Waals surface area contributed by atoms with Crippen molar-refractivity contribution in [3.63, 3.8) is 0 Å². The molecule has 0 aromatic rings. The minimum absolute atomic E-state index is 0.160. The minimum Gasteiger partial charge on any atom is -0.364 e. The molecule has 4 N–H and O–H groups in total. The molecule has 7 heteroatoms. The second kappa shape index (κ2) is 3.52. The Bertz CT molecular complexity index is 444. The fourth-order valence-electron chi connectivity index (χ4n) is 4.04. The molecule has 1 unspecified atom stereocenters. The van der Waals surface area contributed by atoms with Gasteiger partial charge in [0.15, 0.2) is 5.79 Å². The molecule has 0 bridgehead atoms. The van der Waals surface area contributed by atoms with Crippen LogP contribution in [0.3, 0.4) is 0 Å². The standard InChI is InChI=1S/C13H21F2NO4/c1-9(10(2,17)18)11(3-4-11)5-6-16(9)13(19,20)8-7-12(8,14)15/h8,17-20H,3-7H2,1-2H3/t8?,9-/m0/s1. The van der Waals surface area contributed by atoms with Crippen molar-refractivity contribution in [3.05, 3.63) is 0 Å². The van der Waals surface area contributed by atoms with E-state index in [1.807, 2.05) is 0 Å². The van der Waals surface area contributed by atoms with Crippen molar-refractivity contribution in [3.8, 4) is 0 Å². The molecule has 116 valence electrons. The third-order valence-electron chi connectivity index (χ3n) is 5.85. The Labute approximate surface area is 115 Å². The molecule has 20 heavy (non-hydrogen) atoms. The SMILES string of the molecule is CC(O)(O)[C@]1(C)N(C(O)(O)C2CC2(F)F)CCC12CC2. The first-order valence-electron chi connectivity index (χ1n) is 6.94. The summed E-state index contributed by atoms with van der Waals surface area (Å²) in [7, 11) is 0. The van der Waals surface area contributed by atoms with Crippen LogP contribution in [0.2, 0.25) is 0 Å². The van der Waals surface area contributed by atoms with Gasteiger partial charge in [-0.2, -0.15) is 0 Å². The lowest BCUT2D eigenvalue weighted by atomic mass is 9.76. The highest BCUT2D eigenvalue weighted by atomic mass is 19.3. The predicted octanol–water partition coefficient (Wildman–Crippen LogP) is 0.225. The van der Waals surface area contributed by atoms with Gasteiger partial charge in [0.25, 0.3) is 5.92 Å². The van der Waals surface area contributed by atoms with Crippen LogP contribution in [0, 0.1) is 11.3 Å². The quantitative estimate of drug-likeness (QED) is 0.560. The van der Waals surface area contributed by atoms with Crippen molar-refractivity contribution in [1.29, 1.82) is 0 Å². The van der Waals surface area contributed by atoms with Crippen molar-refractivity contribution in [2.45, 2.75) is 62.7 Å². The van der Waals surface area contributed by atoms with Gasteiger partial charge < -0.3 is 20.4 Å². The number of hydrogen-bond donors (Lipinski definition) is 4. The zero-order valence-electron chi connectivity index (χ0n) is 11.6. The molecule has 2 saturated carbocycles. The lowest BCUT2D eigenvalue weighted by Crippen LogP contribution is -2.69. The molecular weight excluding hydrogens is 272 g/mol. The summed E-state index contributed by atoms with van der Waals surface area (Å²) in [4.78, 5) is 1.07. The van der Waals surface area contributed by atoms with E-state index in [2.05, 4.69) is 0 Å². The molecule has 3 aliphatic rings. The van der Waals surface area contributed by atoms with Crippen LogP contribution in [0.1, 0.15) is 39.5 Å². The van der Waals surface area contributed by atoms with Crippen molar-refractivity contribution < 1.29 is 29.2 Å². The van der Waals surface area contributed by atoms with E-state index in [1.165, 1.54) is 13.8 Å². The van der Waals surface area contributed by atoms with E-state index >= 15 is 0 Å². The van der Waals surface area contributed by atoms with Gasteiger partial charge in [0, 0.05) is 13.0 Å². The van der Waals surface area contributed by atoms with Crippen LogP contribution < -0.4 is 0 Å². The van der Waals surface area contributed by atoms with Gasteiger partial charge >= 0.3 is 0 Å². The molecule has 1 aliphatic heterocycles. The van der Waals surface area contributed by atoms with Gasteiger partial charge in [-0.25, -0.2) is 13.7 Å². The minimum atomic E-state index is -3.11. The number of halogens is 2. The molecular formula is C13H21F2NO4. The van der Waals surface area contributed by atoms with E-state index in [0.717, 1.165) is 17.7 Å². The molecule has 2 aliphatic carbocycles. The Hall–Kier alpha value is -0.340. The summed E-state index contributed by atoms with van der Waals surface area (Å²) >= 11 is 0. The van der Waals surface area contributed by atoms with Gasteiger partial charge in [-0.15, -0.1) is 0 Å². The number of alkyl halides is 2. The van der Waals surface area contributed by atoms with Crippen molar-refractivity contribution in [2.24, 2.45) is 11.3 Å². The molecule has 3 fully saturated rings. The number of rotatable bonds is 3. The van der Waals surface area contributed by atoms with E-state index in [1.54, 1.807) is 0 Å². The van der Waals surface area contributed by atoms with Gasteiger partial charge in [0.1, 0.15) is 0 Å². The maximum absolute atomic E-state index is 13.2. The average Bonchev–Trinajstić information content (AvgIpc) is 3.11. The molecule has 3 rings (SSSR count). The molecule has 0 radical (unpaired) electrons. The first-order valence-corrected chi connectivity index (χ1v) is 6.94. The Kier molecular flexibility index (Phi) is 2.57. The van der Waals surface area contributed by atoms with Crippen molar-refractivity contribution in [2.75, 3.05) is 6.54 Å². The van der Waals surface area contributed by atoms with E-state index in [0.29, 0.717) is 6.42 Å². The lowest BCUT2D eigenvalue weighted by Gasteiger charge is -2.51. The number of aliphatic hydroxyl groups is 4. The molecule has 1 saturated heterocycles. The van der Waals surface area contributed by atoms with Gasteiger partial charge in [0.2, 0.25) is 5.91 Å². The lowest BCUT2D eigenvalue weighted by molar-refractivity contribution is -0.348. The van der Waals surface area contributed by atoms with Gasteiger partial charge in [-0.3, -0.25) is 0 Å². The first kappa shape index (κ1) is 14.6. The fourth-order valence-corrected chi connectivity index (χ4v) is 4.04. The summed E-state index contributed by atoms with van der Waals surface area (Å²) in [5.74, 6) is -9.62. The third-order valence-corrected chi connectivity index (χ3v) is 5.85. The molecule has 5 nitrogen and oxygen atoms in total. The molecule has 0 aromatic heterocycles. The van der Waals surface area contributed by atoms with Gasteiger partial charge in [-0.05, 0) is 38.5 Å². The van der Waals surface area contributed by atoms with Crippen LogP contribution in [0.15, 0.2) is 0 Å². The fraction of sp³-hybridized carbons (Fsp3) is 1.00. The van der Waals surface area contributed by atoms with Crippen LogP contribution in [0.4, 0.5) is 8.78 Å². The second-order valence-electron chi connectivity index (χ2n) is 6.98. The summed E-state index contributed by atoms with van der Waals surface area (Å²) < 4.78 is 26.5. The predicted molar refractivity (Wildman–Crippen MR) is 64.5 cm³/mol. The smallest absolute Gasteiger partial charge is 0.258 e. The van der Waals surface area contributed by atoms with Crippen molar-refractivity contribution in [1.82, 2.24) is 4.90 Å². The van der Waals surface area contributed by atoms with Crippen LogP contribution >= 0.6 is 0 Å². The zero-order valence-corrected chi connectivity index (χ0v) is 11.6. The topological polar surface area (TPSA) is 84.2 Å². The normalized spacial score (nSPS) is 39.3. The van der Waals surface area contributed by atoms with Crippen LogP contribution in [-0.4, -0.2) is 55.0 Å². The monoisotopic (exact) mass is 293 g/mol. The van der Waals surface area contributed by atoms with Gasteiger partial charge in [0.05, 0.1) is 11.5 Å². The summed E-state index contributed by atoms with van der Waals surface area (Å²) in [6.45, 7) is 2.86.